The van der Waals surface area contributed by atoms with Crippen LogP contribution in [0.5, 0.6) is 0 Å². The van der Waals surface area contributed by atoms with Gasteiger partial charge in [0.05, 0.1) is 7.11 Å². The van der Waals surface area contributed by atoms with Crippen LogP contribution in [0.25, 0.3) is 0 Å². The third kappa shape index (κ3) is 3.01. The summed E-state index contributed by atoms with van der Waals surface area (Å²) in [5.74, 6) is 0.922. The first-order valence-electron chi connectivity index (χ1n) is 6.49. The van der Waals surface area contributed by atoms with E-state index in [-0.39, 0.29) is 0 Å². The van der Waals surface area contributed by atoms with Crippen molar-refractivity contribution in [3.05, 3.63) is 17.6 Å². The second kappa shape index (κ2) is 5.97. The molecule has 0 atom stereocenters. The van der Waals surface area contributed by atoms with Crippen LogP contribution in [0.4, 0.5) is 5.82 Å². The van der Waals surface area contributed by atoms with Crippen molar-refractivity contribution in [1.29, 1.82) is 0 Å². The third-order valence-corrected chi connectivity index (χ3v) is 3.48. The lowest BCUT2D eigenvalue weighted by Gasteiger charge is -2.33. The molecular formula is C13H20N4O2. The van der Waals surface area contributed by atoms with E-state index in [1.165, 1.54) is 7.11 Å². The molecule has 1 aliphatic heterocycles. The number of rotatable bonds is 3. The molecule has 1 aromatic heterocycles. The lowest BCUT2D eigenvalue weighted by molar-refractivity contribution is 0.0600. The SMILES string of the molecule is COC(=O)c1cnc(C)nc1N(C)C1CCNCC1. The normalized spacial score (nSPS) is 16.2. The van der Waals surface area contributed by atoms with E-state index in [0.29, 0.717) is 23.2 Å². The van der Waals surface area contributed by atoms with Crippen LogP contribution in [0.1, 0.15) is 29.0 Å². The Hall–Kier alpha value is -1.69. The van der Waals surface area contributed by atoms with E-state index in [2.05, 4.69) is 20.2 Å². The van der Waals surface area contributed by atoms with Gasteiger partial charge in [0.1, 0.15) is 17.2 Å². The molecule has 0 radical (unpaired) electrons. The first-order valence-corrected chi connectivity index (χ1v) is 6.49. The van der Waals surface area contributed by atoms with E-state index in [0.717, 1.165) is 25.9 Å². The summed E-state index contributed by atoms with van der Waals surface area (Å²) >= 11 is 0. The van der Waals surface area contributed by atoms with Gasteiger partial charge in [-0.15, -0.1) is 0 Å². The van der Waals surface area contributed by atoms with E-state index in [1.54, 1.807) is 6.20 Å². The molecule has 6 nitrogen and oxygen atoms in total. The lowest BCUT2D eigenvalue weighted by atomic mass is 10.0. The lowest BCUT2D eigenvalue weighted by Crippen LogP contribution is -2.42. The largest absolute Gasteiger partial charge is 0.465 e. The number of anilines is 1. The summed E-state index contributed by atoms with van der Waals surface area (Å²) in [4.78, 5) is 22.4. The van der Waals surface area contributed by atoms with Crippen molar-refractivity contribution in [3.8, 4) is 0 Å². The predicted molar refractivity (Wildman–Crippen MR) is 72.4 cm³/mol. The summed E-state index contributed by atoms with van der Waals surface area (Å²) < 4.78 is 4.80. The van der Waals surface area contributed by atoms with Gasteiger partial charge in [-0.2, -0.15) is 0 Å². The molecular weight excluding hydrogens is 244 g/mol. The molecule has 104 valence electrons. The average molecular weight is 264 g/mol. The molecule has 1 fully saturated rings. The molecule has 1 aliphatic rings. The van der Waals surface area contributed by atoms with Crippen molar-refractivity contribution in [2.75, 3.05) is 32.1 Å². The zero-order valence-corrected chi connectivity index (χ0v) is 11.6. The van der Waals surface area contributed by atoms with E-state index in [9.17, 15) is 4.79 Å². The number of carbonyl (C=O) groups is 1. The molecule has 0 saturated carbocycles. The zero-order chi connectivity index (χ0) is 13.8. The Balaban J connectivity index is 2.30. The monoisotopic (exact) mass is 264 g/mol. The third-order valence-electron chi connectivity index (χ3n) is 3.48. The van der Waals surface area contributed by atoms with Gasteiger partial charge >= 0.3 is 5.97 Å². The maximum Gasteiger partial charge on any atom is 0.343 e. The topological polar surface area (TPSA) is 67.3 Å². The van der Waals surface area contributed by atoms with E-state index in [4.69, 9.17) is 4.74 Å². The van der Waals surface area contributed by atoms with Crippen LogP contribution in [0, 0.1) is 6.92 Å². The summed E-state index contributed by atoms with van der Waals surface area (Å²) in [6.45, 7) is 3.81. The quantitative estimate of drug-likeness (QED) is 0.813. The molecule has 1 saturated heterocycles. The molecule has 6 heteroatoms. The number of carbonyl (C=O) groups excluding carboxylic acids is 1. The first-order chi connectivity index (χ1) is 9.13. The van der Waals surface area contributed by atoms with Gasteiger partial charge in [-0.3, -0.25) is 0 Å². The minimum absolute atomic E-state index is 0.388. The fourth-order valence-electron chi connectivity index (χ4n) is 2.35. The molecule has 0 spiro atoms. The Morgan fingerprint density at radius 1 is 1.47 bits per heavy atom. The van der Waals surface area contributed by atoms with Crippen LogP contribution < -0.4 is 10.2 Å². The molecule has 2 heterocycles. The second-order valence-corrected chi connectivity index (χ2v) is 4.74. The zero-order valence-electron chi connectivity index (χ0n) is 11.6. The number of nitrogens with one attached hydrogen (secondary N) is 1. The molecule has 1 N–H and O–H groups in total. The average Bonchev–Trinajstić information content (AvgIpc) is 2.46. The molecule has 0 aromatic carbocycles. The molecule has 0 amide bonds. The van der Waals surface area contributed by atoms with Crippen molar-refractivity contribution in [2.24, 2.45) is 0 Å². The number of aromatic nitrogens is 2. The standard InChI is InChI=1S/C13H20N4O2/c1-9-15-8-11(13(18)19-3)12(16-9)17(2)10-4-6-14-7-5-10/h8,10,14H,4-7H2,1-3H3. The number of ether oxygens (including phenoxy) is 1. The Labute approximate surface area is 113 Å². The first kappa shape index (κ1) is 13.7. The van der Waals surface area contributed by atoms with Crippen LogP contribution in [0.2, 0.25) is 0 Å². The predicted octanol–water partition coefficient (Wildman–Crippen LogP) is 0.760. The van der Waals surface area contributed by atoms with Gasteiger partial charge < -0.3 is 15.0 Å². The molecule has 19 heavy (non-hydrogen) atoms. The van der Waals surface area contributed by atoms with E-state index in [1.807, 2.05) is 14.0 Å². The number of hydrogen-bond donors (Lipinski definition) is 1. The number of piperidine rings is 1. The van der Waals surface area contributed by atoms with Crippen LogP contribution in [0.15, 0.2) is 6.20 Å². The van der Waals surface area contributed by atoms with E-state index < -0.39 is 5.97 Å². The maximum absolute atomic E-state index is 11.8. The number of nitrogens with zero attached hydrogens (tertiary/aromatic N) is 3. The van der Waals surface area contributed by atoms with E-state index >= 15 is 0 Å². The number of aryl methyl sites for hydroxylation is 1. The molecule has 1 aromatic rings. The van der Waals surface area contributed by atoms with Crippen LogP contribution >= 0.6 is 0 Å². The van der Waals surface area contributed by atoms with Crippen molar-refractivity contribution in [2.45, 2.75) is 25.8 Å². The van der Waals surface area contributed by atoms with Gasteiger partial charge in [-0.05, 0) is 32.9 Å². The molecule has 0 aliphatic carbocycles. The number of hydrogen-bond acceptors (Lipinski definition) is 6. The minimum atomic E-state index is -0.393. The molecule has 0 unspecified atom stereocenters. The number of methoxy groups -OCH3 is 1. The highest BCUT2D eigenvalue weighted by Crippen LogP contribution is 2.22. The number of esters is 1. The fourth-order valence-corrected chi connectivity index (χ4v) is 2.35. The Bertz CT molecular complexity index is 458. The van der Waals surface area contributed by atoms with Gasteiger partial charge in [0, 0.05) is 19.3 Å². The van der Waals surface area contributed by atoms with Gasteiger partial charge in [-0.25, -0.2) is 14.8 Å². The van der Waals surface area contributed by atoms with Crippen molar-refractivity contribution >= 4 is 11.8 Å². The van der Waals surface area contributed by atoms with Crippen molar-refractivity contribution < 1.29 is 9.53 Å². The Morgan fingerprint density at radius 3 is 2.79 bits per heavy atom. The minimum Gasteiger partial charge on any atom is -0.465 e. The van der Waals surface area contributed by atoms with Gasteiger partial charge in [0.25, 0.3) is 0 Å². The van der Waals surface area contributed by atoms with Gasteiger partial charge in [0.2, 0.25) is 0 Å². The summed E-state index contributed by atoms with van der Waals surface area (Å²) in [7, 11) is 3.35. The summed E-state index contributed by atoms with van der Waals surface area (Å²) in [6, 6.07) is 0.388. The summed E-state index contributed by atoms with van der Waals surface area (Å²) in [6.07, 6.45) is 3.63. The van der Waals surface area contributed by atoms with Crippen molar-refractivity contribution in [1.82, 2.24) is 15.3 Å². The second-order valence-electron chi connectivity index (χ2n) is 4.74. The Kier molecular flexibility index (Phi) is 4.31. The van der Waals surface area contributed by atoms with Gasteiger partial charge in [0.15, 0.2) is 0 Å². The van der Waals surface area contributed by atoms with Crippen LogP contribution in [-0.2, 0) is 4.74 Å². The molecule has 2 rings (SSSR count). The Morgan fingerprint density at radius 2 is 2.16 bits per heavy atom. The van der Waals surface area contributed by atoms with Crippen LogP contribution in [-0.4, -0.2) is 49.2 Å². The summed E-state index contributed by atoms with van der Waals surface area (Å²) in [5, 5.41) is 3.33. The highest BCUT2D eigenvalue weighted by Gasteiger charge is 2.24. The maximum atomic E-state index is 11.8. The highest BCUT2D eigenvalue weighted by molar-refractivity contribution is 5.94. The van der Waals surface area contributed by atoms with Crippen LogP contribution in [0.3, 0.4) is 0 Å². The fraction of sp³-hybridized carbons (Fsp3) is 0.615. The smallest absolute Gasteiger partial charge is 0.343 e. The summed E-state index contributed by atoms with van der Waals surface area (Å²) in [5.41, 5.74) is 0.425. The van der Waals surface area contributed by atoms with Gasteiger partial charge in [-0.1, -0.05) is 0 Å². The highest BCUT2D eigenvalue weighted by atomic mass is 16.5. The molecule has 0 bridgehead atoms. The van der Waals surface area contributed by atoms with Crippen molar-refractivity contribution in [3.63, 3.8) is 0 Å².